The van der Waals surface area contributed by atoms with E-state index in [2.05, 4.69) is 0 Å². The maximum atomic E-state index is 11.1. The van der Waals surface area contributed by atoms with Gasteiger partial charge in [-0.05, 0) is 40.5 Å². The SMILES string of the molecule is CCC(C)(CC(C)=O)OCCC(C)(C)N. The molecule has 0 spiro atoms. The van der Waals surface area contributed by atoms with Crippen LogP contribution in [0, 0.1) is 0 Å². The third-order valence-electron chi connectivity index (χ3n) is 2.57. The Bertz CT molecular complexity index is 208. The molecule has 1 atom stereocenters. The zero-order valence-corrected chi connectivity index (χ0v) is 10.7. The van der Waals surface area contributed by atoms with Crippen LogP contribution in [-0.4, -0.2) is 23.5 Å². The number of hydrogen-bond donors (Lipinski definition) is 1. The molecule has 0 aromatic rings. The van der Waals surface area contributed by atoms with Crippen LogP contribution in [0.5, 0.6) is 0 Å². The minimum atomic E-state index is -0.322. The molecular weight excluding hydrogens is 190 g/mol. The average molecular weight is 215 g/mol. The molecule has 0 aromatic heterocycles. The molecule has 0 rings (SSSR count). The van der Waals surface area contributed by atoms with Gasteiger partial charge in [0.15, 0.2) is 0 Å². The lowest BCUT2D eigenvalue weighted by Crippen LogP contribution is -2.36. The molecule has 90 valence electrons. The lowest BCUT2D eigenvalue weighted by molar-refractivity contribution is -0.124. The van der Waals surface area contributed by atoms with Crippen LogP contribution < -0.4 is 5.73 Å². The largest absolute Gasteiger partial charge is 0.375 e. The normalized spacial score (nSPS) is 16.1. The van der Waals surface area contributed by atoms with Crippen molar-refractivity contribution in [2.45, 2.75) is 65.0 Å². The second-order valence-electron chi connectivity index (χ2n) is 5.27. The van der Waals surface area contributed by atoms with Crippen LogP contribution in [0.1, 0.15) is 53.9 Å². The van der Waals surface area contributed by atoms with Gasteiger partial charge in [-0.1, -0.05) is 6.92 Å². The summed E-state index contributed by atoms with van der Waals surface area (Å²) in [5, 5.41) is 0. The zero-order valence-electron chi connectivity index (χ0n) is 10.7. The van der Waals surface area contributed by atoms with Gasteiger partial charge >= 0.3 is 0 Å². The van der Waals surface area contributed by atoms with Crippen LogP contribution in [0.4, 0.5) is 0 Å². The van der Waals surface area contributed by atoms with Gasteiger partial charge in [0.1, 0.15) is 5.78 Å². The standard InChI is InChI=1S/C12H25NO2/c1-6-12(5,9-10(2)14)15-8-7-11(3,4)13/h6-9,13H2,1-5H3. The summed E-state index contributed by atoms with van der Waals surface area (Å²) in [6, 6.07) is 0. The lowest BCUT2D eigenvalue weighted by atomic mass is 9.96. The van der Waals surface area contributed by atoms with Crippen LogP contribution in [0.3, 0.4) is 0 Å². The van der Waals surface area contributed by atoms with Crippen LogP contribution in [0.2, 0.25) is 0 Å². The van der Waals surface area contributed by atoms with E-state index >= 15 is 0 Å². The van der Waals surface area contributed by atoms with Gasteiger partial charge in [-0.3, -0.25) is 4.79 Å². The van der Waals surface area contributed by atoms with E-state index in [1.807, 2.05) is 27.7 Å². The van der Waals surface area contributed by atoms with E-state index in [4.69, 9.17) is 10.5 Å². The highest BCUT2D eigenvalue weighted by atomic mass is 16.5. The smallest absolute Gasteiger partial charge is 0.132 e. The molecular formula is C12H25NO2. The third kappa shape index (κ3) is 7.51. The van der Waals surface area contributed by atoms with Gasteiger partial charge in [0.25, 0.3) is 0 Å². The monoisotopic (exact) mass is 215 g/mol. The molecule has 15 heavy (non-hydrogen) atoms. The Labute approximate surface area is 93.4 Å². The molecule has 0 amide bonds. The second-order valence-corrected chi connectivity index (χ2v) is 5.27. The molecule has 0 aliphatic heterocycles. The van der Waals surface area contributed by atoms with E-state index in [9.17, 15) is 4.79 Å². The van der Waals surface area contributed by atoms with E-state index < -0.39 is 0 Å². The third-order valence-corrected chi connectivity index (χ3v) is 2.57. The summed E-state index contributed by atoms with van der Waals surface area (Å²) in [6.07, 6.45) is 2.13. The predicted molar refractivity (Wildman–Crippen MR) is 62.8 cm³/mol. The highest BCUT2D eigenvalue weighted by Crippen LogP contribution is 2.21. The minimum absolute atomic E-state index is 0.173. The molecule has 0 bridgehead atoms. The van der Waals surface area contributed by atoms with E-state index in [0.29, 0.717) is 13.0 Å². The summed E-state index contributed by atoms with van der Waals surface area (Å²) in [4.78, 5) is 11.1. The van der Waals surface area contributed by atoms with Crippen molar-refractivity contribution in [1.29, 1.82) is 0 Å². The lowest BCUT2D eigenvalue weighted by Gasteiger charge is -2.29. The molecule has 0 aliphatic rings. The van der Waals surface area contributed by atoms with E-state index in [-0.39, 0.29) is 16.9 Å². The molecule has 0 radical (unpaired) electrons. The first kappa shape index (κ1) is 14.6. The first-order valence-corrected chi connectivity index (χ1v) is 5.61. The van der Waals surface area contributed by atoms with Gasteiger partial charge < -0.3 is 10.5 Å². The summed E-state index contributed by atoms with van der Waals surface area (Å²) in [7, 11) is 0. The van der Waals surface area contributed by atoms with E-state index in [1.165, 1.54) is 0 Å². The van der Waals surface area contributed by atoms with Crippen molar-refractivity contribution in [2.24, 2.45) is 5.73 Å². The van der Waals surface area contributed by atoms with E-state index in [1.54, 1.807) is 6.92 Å². The van der Waals surface area contributed by atoms with Gasteiger partial charge in [0, 0.05) is 18.6 Å². The Kier molecular flexibility index (Phi) is 5.46. The number of nitrogens with two attached hydrogens (primary N) is 1. The summed E-state index contributed by atoms with van der Waals surface area (Å²) in [5.74, 6) is 0.173. The van der Waals surface area contributed by atoms with Crippen molar-refractivity contribution in [3.63, 3.8) is 0 Å². The molecule has 0 saturated heterocycles. The summed E-state index contributed by atoms with van der Waals surface area (Å²) in [6.45, 7) is 10.2. The van der Waals surface area contributed by atoms with Crippen molar-refractivity contribution < 1.29 is 9.53 Å². The maximum Gasteiger partial charge on any atom is 0.132 e. The van der Waals surface area contributed by atoms with Crippen molar-refractivity contribution in [3.8, 4) is 0 Å². The van der Waals surface area contributed by atoms with Gasteiger partial charge in [-0.2, -0.15) is 0 Å². The predicted octanol–water partition coefficient (Wildman–Crippen LogP) is 2.28. The van der Waals surface area contributed by atoms with Crippen LogP contribution in [-0.2, 0) is 9.53 Å². The van der Waals surface area contributed by atoms with Crippen molar-refractivity contribution in [2.75, 3.05) is 6.61 Å². The summed E-state index contributed by atoms with van der Waals surface area (Å²) >= 11 is 0. The number of rotatable bonds is 7. The number of Topliss-reactive ketones (excluding diaryl/α,β-unsaturated/α-hetero) is 1. The zero-order chi connectivity index (χ0) is 12.1. The van der Waals surface area contributed by atoms with Gasteiger partial charge in [-0.25, -0.2) is 0 Å². The fourth-order valence-electron chi connectivity index (χ4n) is 1.37. The molecule has 3 heteroatoms. The Balaban J connectivity index is 4.04. The molecule has 2 N–H and O–H groups in total. The molecule has 0 aromatic carbocycles. The first-order valence-electron chi connectivity index (χ1n) is 5.61. The number of carbonyl (C=O) groups is 1. The molecule has 0 aliphatic carbocycles. The Morgan fingerprint density at radius 3 is 2.20 bits per heavy atom. The van der Waals surface area contributed by atoms with Gasteiger partial charge in [0.05, 0.1) is 5.60 Å². The fourth-order valence-corrected chi connectivity index (χ4v) is 1.37. The topological polar surface area (TPSA) is 52.3 Å². The number of carbonyl (C=O) groups excluding carboxylic acids is 1. The maximum absolute atomic E-state index is 11.1. The van der Waals surface area contributed by atoms with Gasteiger partial charge in [-0.15, -0.1) is 0 Å². The van der Waals surface area contributed by atoms with Gasteiger partial charge in [0.2, 0.25) is 0 Å². The van der Waals surface area contributed by atoms with Crippen LogP contribution in [0.15, 0.2) is 0 Å². The Morgan fingerprint density at radius 2 is 1.87 bits per heavy atom. The fraction of sp³-hybridized carbons (Fsp3) is 0.917. The quantitative estimate of drug-likeness (QED) is 0.709. The highest BCUT2D eigenvalue weighted by Gasteiger charge is 2.25. The minimum Gasteiger partial charge on any atom is -0.375 e. The average Bonchev–Trinajstić information content (AvgIpc) is 2.00. The molecule has 3 nitrogen and oxygen atoms in total. The molecule has 1 unspecified atom stereocenters. The van der Waals surface area contributed by atoms with Crippen LogP contribution >= 0.6 is 0 Å². The molecule has 0 saturated carbocycles. The number of hydrogen-bond acceptors (Lipinski definition) is 3. The Morgan fingerprint density at radius 1 is 1.33 bits per heavy atom. The van der Waals surface area contributed by atoms with Crippen molar-refractivity contribution in [1.82, 2.24) is 0 Å². The molecule has 0 heterocycles. The number of ketones is 1. The van der Waals surface area contributed by atoms with Crippen molar-refractivity contribution >= 4 is 5.78 Å². The number of ether oxygens (including phenoxy) is 1. The van der Waals surface area contributed by atoms with E-state index in [0.717, 1.165) is 12.8 Å². The first-order chi connectivity index (χ1) is 6.68. The second kappa shape index (κ2) is 5.61. The highest BCUT2D eigenvalue weighted by molar-refractivity contribution is 5.76. The summed E-state index contributed by atoms with van der Waals surface area (Å²) in [5.41, 5.74) is 5.33. The Hall–Kier alpha value is -0.410. The molecule has 0 fully saturated rings. The van der Waals surface area contributed by atoms with Crippen molar-refractivity contribution in [3.05, 3.63) is 0 Å². The van der Waals surface area contributed by atoms with Crippen LogP contribution in [0.25, 0.3) is 0 Å². The summed E-state index contributed by atoms with van der Waals surface area (Å²) < 4.78 is 5.76.